The first kappa shape index (κ1) is 29.8. The van der Waals surface area contributed by atoms with Crippen molar-refractivity contribution in [2.45, 2.75) is 58.4 Å². The van der Waals surface area contributed by atoms with Gasteiger partial charge in [0.1, 0.15) is 0 Å². The largest absolute Gasteiger partial charge is 0.493 e. The second kappa shape index (κ2) is 16.9. The molecule has 2 unspecified atom stereocenters. The highest BCUT2D eigenvalue weighted by Crippen LogP contribution is 2.31. The Morgan fingerprint density at radius 3 is 2.69 bits per heavy atom. The van der Waals surface area contributed by atoms with Gasteiger partial charge in [0.05, 0.1) is 19.8 Å². The van der Waals surface area contributed by atoms with Gasteiger partial charge in [-0.2, -0.15) is 0 Å². The number of unbranched alkanes of at least 4 members (excludes halogenated alkanes) is 1. The van der Waals surface area contributed by atoms with E-state index in [9.17, 15) is 0 Å². The molecule has 1 aliphatic rings. The molecule has 206 valence electrons. The van der Waals surface area contributed by atoms with E-state index in [2.05, 4.69) is 97.5 Å². The number of ether oxygens (including phenoxy) is 2. The fourth-order valence-electron chi connectivity index (χ4n) is 4.64. The summed E-state index contributed by atoms with van der Waals surface area (Å²) in [6.45, 7) is 8.99. The average molecular weight is 525 g/mol. The van der Waals surface area contributed by atoms with E-state index in [-0.39, 0.29) is 6.04 Å². The summed E-state index contributed by atoms with van der Waals surface area (Å²) in [5.74, 6) is 2.11. The zero-order valence-corrected chi connectivity index (χ0v) is 23.8. The predicted octanol–water partition coefficient (Wildman–Crippen LogP) is 9.01. The number of benzene rings is 2. The van der Waals surface area contributed by atoms with E-state index in [1.165, 1.54) is 12.0 Å². The highest BCUT2D eigenvalue weighted by atomic mass is 16.5. The molecule has 0 aromatic heterocycles. The standard InChI is InChI=1S/C35H44N2O2/c1-5-14-33(30-16-9-8-10-17-30)37-32(7-3)19-13-18-29(6-2)31-20-21-34(35(27-31)38-4)39-26-12-11-15-28-22-24-36-25-23-28/h6-10,13,16-22,24-25,27-28,33,37H,2,5,11-12,14-15,23,26H2,1,3-4H3/b19-13+,29-18-,32-7+. The topological polar surface area (TPSA) is 42.8 Å². The Balaban J connectivity index is 1.59. The smallest absolute Gasteiger partial charge is 0.161 e. The van der Waals surface area contributed by atoms with Gasteiger partial charge in [-0.1, -0.05) is 86.7 Å². The molecule has 4 heteroatoms. The Morgan fingerprint density at radius 1 is 1.15 bits per heavy atom. The van der Waals surface area contributed by atoms with E-state index in [0.717, 1.165) is 60.4 Å². The Labute approximate surface area is 235 Å². The Bertz CT molecular complexity index is 1170. The van der Waals surface area contributed by atoms with Crippen molar-refractivity contribution >= 4 is 11.8 Å². The van der Waals surface area contributed by atoms with Crippen LogP contribution in [0.3, 0.4) is 0 Å². The second-order valence-corrected chi connectivity index (χ2v) is 9.70. The van der Waals surface area contributed by atoms with Crippen LogP contribution in [0.4, 0.5) is 0 Å². The van der Waals surface area contributed by atoms with Gasteiger partial charge in [-0.3, -0.25) is 4.99 Å². The lowest BCUT2D eigenvalue weighted by atomic mass is 9.98. The number of nitrogens with one attached hydrogen (secondary N) is 1. The van der Waals surface area contributed by atoms with Gasteiger partial charge < -0.3 is 14.8 Å². The maximum Gasteiger partial charge on any atom is 0.161 e. The molecule has 0 aliphatic carbocycles. The lowest BCUT2D eigenvalue weighted by Crippen LogP contribution is -2.19. The van der Waals surface area contributed by atoms with Crippen LogP contribution in [0.25, 0.3) is 5.57 Å². The molecule has 2 aromatic rings. The summed E-state index contributed by atoms with van der Waals surface area (Å²) in [5.41, 5.74) is 4.45. The molecule has 0 saturated carbocycles. The molecule has 0 fully saturated rings. The van der Waals surface area contributed by atoms with Crippen molar-refractivity contribution < 1.29 is 9.47 Å². The van der Waals surface area contributed by atoms with Crippen LogP contribution in [-0.2, 0) is 0 Å². The summed E-state index contributed by atoms with van der Waals surface area (Å²) in [6.07, 6.45) is 22.9. The van der Waals surface area contributed by atoms with Crippen LogP contribution in [0.1, 0.15) is 69.5 Å². The number of nitrogens with zero attached hydrogens (tertiary/aromatic N) is 1. The quantitative estimate of drug-likeness (QED) is 0.176. The molecule has 1 N–H and O–H groups in total. The number of hydrogen-bond acceptors (Lipinski definition) is 4. The second-order valence-electron chi connectivity index (χ2n) is 9.70. The third-order valence-corrected chi connectivity index (χ3v) is 6.88. The first-order chi connectivity index (χ1) is 19.2. The number of aliphatic imine (C=N–C) groups is 1. The van der Waals surface area contributed by atoms with Crippen molar-refractivity contribution in [1.29, 1.82) is 0 Å². The maximum atomic E-state index is 6.06. The zero-order chi connectivity index (χ0) is 27.7. The Hall–Kier alpha value is -3.79. The number of allylic oxidation sites excluding steroid dienone is 7. The SMILES string of the molecule is C=C/C(=C/C=C/C(=C\C)NC(CCC)c1ccccc1)c1ccc(OCCCCC2C=CN=CC2)c(OC)c1. The molecular weight excluding hydrogens is 480 g/mol. The van der Waals surface area contributed by atoms with Gasteiger partial charge >= 0.3 is 0 Å². The fourth-order valence-corrected chi connectivity index (χ4v) is 4.64. The third-order valence-electron chi connectivity index (χ3n) is 6.88. The predicted molar refractivity (Wildman–Crippen MR) is 166 cm³/mol. The van der Waals surface area contributed by atoms with Crippen molar-refractivity contribution in [3.63, 3.8) is 0 Å². The van der Waals surface area contributed by atoms with Crippen LogP contribution < -0.4 is 14.8 Å². The van der Waals surface area contributed by atoms with Crippen molar-refractivity contribution in [2.75, 3.05) is 13.7 Å². The van der Waals surface area contributed by atoms with Crippen LogP contribution in [0, 0.1) is 5.92 Å². The van der Waals surface area contributed by atoms with Crippen molar-refractivity contribution in [2.24, 2.45) is 10.9 Å². The van der Waals surface area contributed by atoms with Gasteiger partial charge in [0, 0.05) is 18.1 Å². The van der Waals surface area contributed by atoms with E-state index in [4.69, 9.17) is 9.47 Å². The highest BCUT2D eigenvalue weighted by Gasteiger charge is 2.11. The van der Waals surface area contributed by atoms with Crippen molar-refractivity contribution in [1.82, 2.24) is 5.32 Å². The first-order valence-corrected chi connectivity index (χ1v) is 14.2. The normalized spacial score (nSPS) is 16.3. The highest BCUT2D eigenvalue weighted by molar-refractivity contribution is 5.76. The minimum Gasteiger partial charge on any atom is -0.493 e. The van der Waals surface area contributed by atoms with Crippen LogP contribution in [0.5, 0.6) is 11.5 Å². The Kier molecular flexibility index (Phi) is 12.9. The van der Waals surface area contributed by atoms with Gasteiger partial charge in [-0.25, -0.2) is 0 Å². The lowest BCUT2D eigenvalue weighted by Gasteiger charge is -2.20. The molecule has 4 nitrogen and oxygen atoms in total. The fraction of sp³-hybridized carbons (Fsp3) is 0.343. The third kappa shape index (κ3) is 9.79. The monoisotopic (exact) mass is 524 g/mol. The van der Waals surface area contributed by atoms with E-state index in [1.807, 2.05) is 30.6 Å². The molecule has 0 saturated heterocycles. The van der Waals surface area contributed by atoms with Gasteiger partial charge in [0.15, 0.2) is 11.5 Å². The van der Waals surface area contributed by atoms with Gasteiger partial charge in [-0.15, -0.1) is 0 Å². The summed E-state index contributed by atoms with van der Waals surface area (Å²) in [4.78, 5) is 4.15. The van der Waals surface area contributed by atoms with Crippen molar-refractivity contribution in [3.05, 3.63) is 115 Å². The lowest BCUT2D eigenvalue weighted by molar-refractivity contribution is 0.283. The van der Waals surface area contributed by atoms with Gasteiger partial charge in [-0.05, 0) is 79.9 Å². The molecular formula is C35H44N2O2. The Morgan fingerprint density at radius 2 is 2.00 bits per heavy atom. The van der Waals surface area contributed by atoms with E-state index >= 15 is 0 Å². The van der Waals surface area contributed by atoms with Gasteiger partial charge in [0.2, 0.25) is 0 Å². The molecule has 0 bridgehead atoms. The molecule has 2 aromatic carbocycles. The molecule has 1 heterocycles. The summed E-state index contributed by atoms with van der Waals surface area (Å²) in [5, 5.41) is 3.70. The minimum absolute atomic E-state index is 0.283. The molecule has 0 radical (unpaired) electrons. The molecule has 0 spiro atoms. The number of hydrogen-bond donors (Lipinski definition) is 1. The van der Waals surface area contributed by atoms with Crippen LogP contribution in [-0.4, -0.2) is 19.9 Å². The van der Waals surface area contributed by atoms with E-state index < -0.39 is 0 Å². The van der Waals surface area contributed by atoms with Crippen LogP contribution in [0.2, 0.25) is 0 Å². The molecule has 2 atom stereocenters. The summed E-state index contributed by atoms with van der Waals surface area (Å²) >= 11 is 0. The minimum atomic E-state index is 0.283. The van der Waals surface area contributed by atoms with Crippen LogP contribution >= 0.6 is 0 Å². The summed E-state index contributed by atoms with van der Waals surface area (Å²) < 4.78 is 11.7. The molecule has 39 heavy (non-hydrogen) atoms. The summed E-state index contributed by atoms with van der Waals surface area (Å²) in [6, 6.07) is 17.0. The van der Waals surface area contributed by atoms with Crippen LogP contribution in [0.15, 0.2) is 108 Å². The van der Waals surface area contributed by atoms with E-state index in [0.29, 0.717) is 12.5 Å². The molecule has 0 amide bonds. The first-order valence-electron chi connectivity index (χ1n) is 14.2. The number of methoxy groups -OCH3 is 1. The van der Waals surface area contributed by atoms with E-state index in [1.54, 1.807) is 7.11 Å². The molecule has 3 rings (SSSR count). The molecule has 1 aliphatic heterocycles. The summed E-state index contributed by atoms with van der Waals surface area (Å²) in [7, 11) is 1.68. The van der Waals surface area contributed by atoms with Gasteiger partial charge in [0.25, 0.3) is 0 Å². The number of rotatable bonds is 16. The van der Waals surface area contributed by atoms with Crippen molar-refractivity contribution in [3.8, 4) is 11.5 Å². The average Bonchev–Trinajstić information content (AvgIpc) is 2.99. The maximum absolute atomic E-state index is 6.06. The zero-order valence-electron chi connectivity index (χ0n) is 23.8.